The van der Waals surface area contributed by atoms with Crippen LogP contribution in [0.5, 0.6) is 0 Å². The minimum absolute atomic E-state index is 0.414. The first-order chi connectivity index (χ1) is 9.33. The zero-order valence-electron chi connectivity index (χ0n) is 10.7. The minimum atomic E-state index is -4.60. The Labute approximate surface area is 119 Å². The average Bonchev–Trinajstić information content (AvgIpc) is 3.01. The van der Waals surface area contributed by atoms with Crippen LogP contribution < -0.4 is 0 Å². The van der Waals surface area contributed by atoms with Crippen LogP contribution in [-0.4, -0.2) is 47.4 Å². The molecule has 0 aromatic carbocycles. The van der Waals surface area contributed by atoms with Crippen molar-refractivity contribution >= 4 is 30.5 Å². The van der Waals surface area contributed by atoms with E-state index in [1.807, 2.05) is 0 Å². The number of hydrogen-bond donors (Lipinski definition) is 0. The summed E-state index contributed by atoms with van der Waals surface area (Å²) < 4.78 is 63.8. The van der Waals surface area contributed by atoms with Crippen LogP contribution in [0.1, 0.15) is 25.7 Å². The van der Waals surface area contributed by atoms with Crippen LogP contribution in [0.25, 0.3) is 0 Å². The number of halogens is 1. The lowest BCUT2D eigenvalue weighted by Crippen LogP contribution is -2.34. The molecule has 3 rings (SSSR count). The van der Waals surface area contributed by atoms with Crippen molar-refractivity contribution in [1.29, 1.82) is 0 Å². The van der Waals surface area contributed by atoms with Gasteiger partial charge in [-0.3, -0.25) is 0 Å². The largest absolute Gasteiger partial charge is 0.337 e. The van der Waals surface area contributed by atoms with E-state index in [1.165, 1.54) is 8.61 Å². The third kappa shape index (κ3) is 2.58. The maximum atomic E-state index is 13.9. The quantitative estimate of drug-likeness (QED) is 0.700. The molecule has 3 heterocycles. The van der Waals surface area contributed by atoms with Gasteiger partial charge >= 0.3 is 10.3 Å². The van der Waals surface area contributed by atoms with Gasteiger partial charge in [0.05, 0.1) is 0 Å². The van der Waals surface area contributed by atoms with Gasteiger partial charge in [0.15, 0.2) is 0 Å². The Bertz CT molecular complexity index is 730. The van der Waals surface area contributed by atoms with Gasteiger partial charge in [-0.05, 0) is 25.7 Å². The van der Waals surface area contributed by atoms with Crippen LogP contribution in [-0.2, 0) is 30.5 Å². The Hall–Kier alpha value is -0.300. The van der Waals surface area contributed by atoms with E-state index in [0.29, 0.717) is 26.2 Å². The molecule has 0 aromatic heterocycles. The molecule has 3 aliphatic heterocycles. The summed E-state index contributed by atoms with van der Waals surface area (Å²) in [5.74, 6) is 0. The molecule has 8 nitrogen and oxygen atoms in total. The van der Waals surface area contributed by atoms with Gasteiger partial charge in [0, 0.05) is 26.2 Å². The van der Waals surface area contributed by atoms with E-state index in [9.17, 15) is 16.5 Å². The van der Waals surface area contributed by atoms with Crippen LogP contribution in [0, 0.1) is 0 Å². The van der Waals surface area contributed by atoms with Crippen LogP contribution >= 0.6 is 0 Å². The van der Waals surface area contributed by atoms with Crippen molar-refractivity contribution in [3.8, 4) is 0 Å². The fourth-order valence-electron chi connectivity index (χ4n) is 2.45. The van der Waals surface area contributed by atoms with E-state index in [0.717, 1.165) is 25.7 Å². The number of nitrogens with zero attached hydrogens (tertiary/aromatic N) is 5. The molecule has 3 unspecified atom stereocenters. The van der Waals surface area contributed by atoms with Gasteiger partial charge in [-0.15, -0.1) is 3.89 Å². The van der Waals surface area contributed by atoms with E-state index in [4.69, 9.17) is 0 Å². The Balaban J connectivity index is 2.17. The molecular weight excluding hydrogens is 329 g/mol. The fourth-order valence-corrected chi connectivity index (χ4v) is 9.41. The van der Waals surface area contributed by atoms with Crippen molar-refractivity contribution < 1.29 is 16.5 Å². The molecule has 116 valence electrons. The second-order valence-corrected chi connectivity index (χ2v) is 10.4. The average molecular weight is 345 g/mol. The first-order valence-corrected chi connectivity index (χ1v) is 10.6. The maximum absolute atomic E-state index is 13.9. The third-order valence-corrected chi connectivity index (χ3v) is 10.0. The van der Waals surface area contributed by atoms with E-state index >= 15 is 0 Å². The Morgan fingerprint density at radius 1 is 0.700 bits per heavy atom. The van der Waals surface area contributed by atoms with E-state index in [2.05, 4.69) is 11.3 Å². The summed E-state index contributed by atoms with van der Waals surface area (Å²) in [7, 11) is -11.8. The molecule has 2 saturated heterocycles. The minimum Gasteiger partial charge on any atom is -0.207 e. The monoisotopic (exact) mass is 345 g/mol. The molecule has 0 N–H and O–H groups in total. The summed E-state index contributed by atoms with van der Waals surface area (Å²) >= 11 is 0. The molecule has 3 atom stereocenters. The highest BCUT2D eigenvalue weighted by Gasteiger charge is 2.36. The highest BCUT2D eigenvalue weighted by Crippen LogP contribution is 2.29. The topological polar surface area (TPSA) is 94.8 Å². The summed E-state index contributed by atoms with van der Waals surface area (Å²) in [5.41, 5.74) is 0. The van der Waals surface area contributed by atoms with Crippen molar-refractivity contribution in [3.05, 3.63) is 0 Å². The van der Waals surface area contributed by atoms with Crippen molar-refractivity contribution in [2.75, 3.05) is 26.2 Å². The van der Waals surface area contributed by atoms with E-state index in [-0.39, 0.29) is 0 Å². The summed E-state index contributed by atoms with van der Waals surface area (Å²) in [6.07, 6.45) is 3.10. The zero-order chi connectivity index (χ0) is 14.4. The summed E-state index contributed by atoms with van der Waals surface area (Å²) in [4.78, 5) is 0. The lowest BCUT2D eigenvalue weighted by atomic mass is 10.4. The molecule has 20 heavy (non-hydrogen) atoms. The predicted molar refractivity (Wildman–Crippen MR) is 74.4 cm³/mol. The van der Waals surface area contributed by atoms with Gasteiger partial charge in [0.2, 0.25) is 20.2 Å². The summed E-state index contributed by atoms with van der Waals surface area (Å²) in [5, 5.41) is 0. The zero-order valence-corrected chi connectivity index (χ0v) is 13.2. The SMILES string of the molecule is O=S1(F)=NS(=O)(N2CCCC2)=NS(=O)(N2CCCC2)=N1. The molecule has 0 aromatic rings. The molecule has 0 amide bonds. The second kappa shape index (κ2) is 4.87. The second-order valence-electron chi connectivity index (χ2n) is 4.86. The highest BCUT2D eigenvalue weighted by atomic mass is 32.3. The van der Waals surface area contributed by atoms with Crippen LogP contribution in [0.4, 0.5) is 3.89 Å². The lowest BCUT2D eigenvalue weighted by molar-refractivity contribution is 0.517. The molecule has 0 saturated carbocycles. The van der Waals surface area contributed by atoms with E-state index < -0.39 is 30.5 Å². The van der Waals surface area contributed by atoms with Crippen molar-refractivity contribution in [2.45, 2.75) is 25.7 Å². The Kier molecular flexibility index (Phi) is 3.56. The van der Waals surface area contributed by atoms with Gasteiger partial charge in [0.1, 0.15) is 0 Å². The third-order valence-electron chi connectivity index (χ3n) is 3.38. The van der Waals surface area contributed by atoms with Crippen LogP contribution in [0.2, 0.25) is 0 Å². The molecule has 0 spiro atoms. The van der Waals surface area contributed by atoms with Crippen LogP contribution in [0.3, 0.4) is 0 Å². The maximum Gasteiger partial charge on any atom is 0.337 e. The van der Waals surface area contributed by atoms with Gasteiger partial charge in [0.25, 0.3) is 0 Å². The van der Waals surface area contributed by atoms with Gasteiger partial charge < -0.3 is 0 Å². The smallest absolute Gasteiger partial charge is 0.207 e. The number of hydrogen-bond acceptors (Lipinski definition) is 3. The van der Waals surface area contributed by atoms with Crippen molar-refractivity contribution in [2.24, 2.45) is 11.3 Å². The van der Waals surface area contributed by atoms with Gasteiger partial charge in [-0.25, -0.2) is 8.42 Å². The van der Waals surface area contributed by atoms with Crippen molar-refractivity contribution in [3.63, 3.8) is 0 Å². The number of rotatable bonds is 2. The molecule has 3 aliphatic rings. The first kappa shape index (κ1) is 14.6. The Morgan fingerprint density at radius 2 is 1.10 bits per heavy atom. The fraction of sp³-hybridized carbons (Fsp3) is 1.00. The van der Waals surface area contributed by atoms with Gasteiger partial charge in [-0.1, -0.05) is 11.3 Å². The normalized spacial score (nSPS) is 46.6. The van der Waals surface area contributed by atoms with Gasteiger partial charge in [-0.2, -0.15) is 12.8 Å². The standard InChI is InChI=1S/C8H16FN5O3S3/c9-18(15)10-19(16,13-5-1-2-6-13)12-20(17,11-18)14-7-3-4-8-14/h1-8H2. The Morgan fingerprint density at radius 3 is 1.55 bits per heavy atom. The molecule has 0 aliphatic carbocycles. The molecule has 0 bridgehead atoms. The van der Waals surface area contributed by atoms with E-state index in [1.54, 1.807) is 0 Å². The molecular formula is C8H16FN5O3S3. The molecule has 2 fully saturated rings. The predicted octanol–water partition coefficient (Wildman–Crippen LogP) is 1.06. The molecule has 0 radical (unpaired) electrons. The first-order valence-electron chi connectivity index (χ1n) is 6.38. The highest BCUT2D eigenvalue weighted by molar-refractivity contribution is 8.11. The van der Waals surface area contributed by atoms with Crippen molar-refractivity contribution in [1.82, 2.24) is 8.61 Å². The molecule has 12 heteroatoms. The summed E-state index contributed by atoms with van der Waals surface area (Å²) in [6, 6.07) is 0. The van der Waals surface area contributed by atoms with Crippen LogP contribution in [0.15, 0.2) is 11.3 Å². The lowest BCUT2D eigenvalue weighted by Gasteiger charge is -2.22. The summed E-state index contributed by atoms with van der Waals surface area (Å²) in [6.45, 7) is 1.65.